The lowest BCUT2D eigenvalue weighted by molar-refractivity contribution is -0.134. The first-order valence-corrected chi connectivity index (χ1v) is 5.66. The SMILES string of the molecule is COC(=O)/C=C/[C@@H](c1ccc(OC)cc1)[C@H](C)O. The van der Waals surface area contributed by atoms with Crippen LogP contribution in [-0.4, -0.2) is 31.4 Å². The summed E-state index contributed by atoms with van der Waals surface area (Å²) in [4.78, 5) is 11.1. The molecule has 0 aliphatic heterocycles. The molecule has 0 saturated carbocycles. The highest BCUT2D eigenvalue weighted by molar-refractivity contribution is 5.81. The number of hydrogen-bond acceptors (Lipinski definition) is 4. The van der Waals surface area contributed by atoms with E-state index in [1.54, 1.807) is 20.1 Å². The van der Waals surface area contributed by atoms with E-state index in [2.05, 4.69) is 4.74 Å². The molecule has 98 valence electrons. The number of benzene rings is 1. The fourth-order valence-corrected chi connectivity index (χ4v) is 1.63. The number of rotatable bonds is 5. The molecule has 18 heavy (non-hydrogen) atoms. The Morgan fingerprint density at radius 3 is 2.33 bits per heavy atom. The summed E-state index contributed by atoms with van der Waals surface area (Å²) >= 11 is 0. The summed E-state index contributed by atoms with van der Waals surface area (Å²) in [5.74, 6) is 0.0595. The minimum Gasteiger partial charge on any atom is -0.497 e. The average Bonchev–Trinajstić information content (AvgIpc) is 2.39. The summed E-state index contributed by atoms with van der Waals surface area (Å²) < 4.78 is 9.60. The van der Waals surface area contributed by atoms with Crippen molar-refractivity contribution in [1.82, 2.24) is 0 Å². The summed E-state index contributed by atoms with van der Waals surface area (Å²) in [5.41, 5.74) is 0.908. The van der Waals surface area contributed by atoms with Crippen molar-refractivity contribution in [1.29, 1.82) is 0 Å². The molecule has 0 fully saturated rings. The van der Waals surface area contributed by atoms with Gasteiger partial charge in [0.15, 0.2) is 0 Å². The first-order valence-electron chi connectivity index (χ1n) is 5.66. The van der Waals surface area contributed by atoms with Gasteiger partial charge in [0.1, 0.15) is 5.75 Å². The fraction of sp³-hybridized carbons (Fsp3) is 0.357. The van der Waals surface area contributed by atoms with Gasteiger partial charge < -0.3 is 14.6 Å². The van der Waals surface area contributed by atoms with Gasteiger partial charge in [-0.2, -0.15) is 0 Å². The molecule has 0 radical (unpaired) electrons. The van der Waals surface area contributed by atoms with Gasteiger partial charge in [0.05, 0.1) is 20.3 Å². The van der Waals surface area contributed by atoms with Crippen LogP contribution in [0.4, 0.5) is 0 Å². The van der Waals surface area contributed by atoms with Gasteiger partial charge >= 0.3 is 5.97 Å². The second-order valence-electron chi connectivity index (χ2n) is 3.92. The van der Waals surface area contributed by atoms with E-state index in [1.807, 2.05) is 24.3 Å². The third kappa shape index (κ3) is 3.89. The smallest absolute Gasteiger partial charge is 0.330 e. The van der Waals surface area contributed by atoms with Gasteiger partial charge in [-0.1, -0.05) is 18.2 Å². The summed E-state index contributed by atoms with van der Waals surface area (Å²) in [6.45, 7) is 1.68. The van der Waals surface area contributed by atoms with Crippen molar-refractivity contribution in [2.24, 2.45) is 0 Å². The molecule has 0 bridgehead atoms. The topological polar surface area (TPSA) is 55.8 Å². The maximum atomic E-state index is 11.1. The van der Waals surface area contributed by atoms with E-state index in [0.717, 1.165) is 11.3 Å². The Kier molecular flexibility index (Phi) is 5.39. The third-order valence-electron chi connectivity index (χ3n) is 2.66. The van der Waals surface area contributed by atoms with Crippen molar-refractivity contribution in [3.8, 4) is 5.75 Å². The molecule has 0 aliphatic carbocycles. The molecule has 2 atom stereocenters. The van der Waals surface area contributed by atoms with Crippen LogP contribution in [0.5, 0.6) is 5.75 Å². The molecule has 1 N–H and O–H groups in total. The fourth-order valence-electron chi connectivity index (χ4n) is 1.63. The Labute approximate surface area is 107 Å². The van der Waals surface area contributed by atoms with Crippen LogP contribution in [0.25, 0.3) is 0 Å². The quantitative estimate of drug-likeness (QED) is 0.640. The van der Waals surface area contributed by atoms with Crippen LogP contribution in [0.2, 0.25) is 0 Å². The second kappa shape index (κ2) is 6.81. The van der Waals surface area contributed by atoms with E-state index in [4.69, 9.17) is 4.74 Å². The Bertz CT molecular complexity index is 406. The molecule has 1 aromatic rings. The van der Waals surface area contributed by atoms with Crippen molar-refractivity contribution in [2.45, 2.75) is 18.9 Å². The summed E-state index contributed by atoms with van der Waals surface area (Å²) in [6, 6.07) is 7.35. The van der Waals surface area contributed by atoms with E-state index >= 15 is 0 Å². The zero-order valence-electron chi connectivity index (χ0n) is 10.8. The van der Waals surface area contributed by atoms with Crippen LogP contribution in [0.15, 0.2) is 36.4 Å². The number of aliphatic hydroxyl groups excluding tert-OH is 1. The summed E-state index contributed by atoms with van der Waals surface area (Å²) in [7, 11) is 2.91. The average molecular weight is 250 g/mol. The summed E-state index contributed by atoms with van der Waals surface area (Å²) in [5, 5.41) is 9.74. The molecule has 4 heteroatoms. The number of ether oxygens (including phenoxy) is 2. The van der Waals surface area contributed by atoms with Crippen LogP contribution >= 0.6 is 0 Å². The van der Waals surface area contributed by atoms with Gasteiger partial charge in [0.25, 0.3) is 0 Å². The number of aliphatic hydroxyl groups is 1. The first-order chi connectivity index (χ1) is 8.58. The standard InChI is InChI=1S/C14H18O4/c1-10(15)13(8-9-14(16)18-3)11-4-6-12(17-2)7-5-11/h4-10,13,15H,1-3H3/b9-8+/t10-,13+/m0/s1. The summed E-state index contributed by atoms with van der Waals surface area (Å²) in [6.07, 6.45) is 2.36. The Morgan fingerprint density at radius 1 is 1.28 bits per heavy atom. The maximum absolute atomic E-state index is 11.1. The van der Waals surface area contributed by atoms with Crippen LogP contribution < -0.4 is 4.74 Å². The van der Waals surface area contributed by atoms with E-state index in [1.165, 1.54) is 13.2 Å². The normalized spacial score (nSPS) is 14.2. The van der Waals surface area contributed by atoms with Gasteiger partial charge in [-0.3, -0.25) is 0 Å². The highest BCUT2D eigenvalue weighted by Crippen LogP contribution is 2.23. The van der Waals surface area contributed by atoms with E-state index < -0.39 is 12.1 Å². The van der Waals surface area contributed by atoms with Crippen molar-refractivity contribution in [2.75, 3.05) is 14.2 Å². The molecule has 0 aliphatic rings. The van der Waals surface area contributed by atoms with Crippen molar-refractivity contribution < 1.29 is 19.4 Å². The lowest BCUT2D eigenvalue weighted by Gasteiger charge is -2.16. The molecule has 0 spiro atoms. The van der Waals surface area contributed by atoms with E-state index in [0.29, 0.717) is 0 Å². The van der Waals surface area contributed by atoms with Crippen molar-refractivity contribution in [3.05, 3.63) is 42.0 Å². The van der Waals surface area contributed by atoms with Gasteiger partial charge in [0, 0.05) is 12.0 Å². The van der Waals surface area contributed by atoms with Crippen molar-refractivity contribution in [3.63, 3.8) is 0 Å². The highest BCUT2D eigenvalue weighted by atomic mass is 16.5. The Balaban J connectivity index is 2.90. The highest BCUT2D eigenvalue weighted by Gasteiger charge is 2.14. The minimum absolute atomic E-state index is 0.255. The maximum Gasteiger partial charge on any atom is 0.330 e. The zero-order chi connectivity index (χ0) is 13.5. The van der Waals surface area contributed by atoms with Gasteiger partial charge in [0.2, 0.25) is 0 Å². The molecule has 0 heterocycles. The van der Waals surface area contributed by atoms with Crippen LogP contribution in [0.3, 0.4) is 0 Å². The largest absolute Gasteiger partial charge is 0.497 e. The molecule has 0 unspecified atom stereocenters. The Morgan fingerprint density at radius 2 is 1.89 bits per heavy atom. The lowest BCUT2D eigenvalue weighted by Crippen LogP contribution is -2.13. The molecule has 1 aromatic carbocycles. The molecule has 0 aromatic heterocycles. The molecular formula is C14H18O4. The van der Waals surface area contributed by atoms with Crippen molar-refractivity contribution >= 4 is 5.97 Å². The van der Waals surface area contributed by atoms with Gasteiger partial charge in [-0.15, -0.1) is 0 Å². The number of carbonyl (C=O) groups excluding carboxylic acids is 1. The van der Waals surface area contributed by atoms with Crippen LogP contribution in [0.1, 0.15) is 18.4 Å². The molecular weight excluding hydrogens is 232 g/mol. The van der Waals surface area contributed by atoms with Gasteiger partial charge in [-0.05, 0) is 24.6 Å². The van der Waals surface area contributed by atoms with E-state index in [9.17, 15) is 9.90 Å². The zero-order valence-corrected chi connectivity index (χ0v) is 10.8. The predicted molar refractivity (Wildman–Crippen MR) is 68.6 cm³/mol. The van der Waals surface area contributed by atoms with Crippen LogP contribution in [0, 0.1) is 0 Å². The van der Waals surface area contributed by atoms with Gasteiger partial charge in [-0.25, -0.2) is 4.79 Å². The number of esters is 1. The molecule has 4 nitrogen and oxygen atoms in total. The molecule has 1 rings (SSSR count). The minimum atomic E-state index is -0.598. The third-order valence-corrected chi connectivity index (χ3v) is 2.66. The monoisotopic (exact) mass is 250 g/mol. The molecule has 0 saturated heterocycles. The predicted octanol–water partition coefficient (Wildman–Crippen LogP) is 1.89. The molecule has 0 amide bonds. The Hall–Kier alpha value is -1.81. The first kappa shape index (κ1) is 14.3. The number of hydrogen-bond donors (Lipinski definition) is 1. The number of methoxy groups -OCH3 is 2. The van der Waals surface area contributed by atoms with Crippen LogP contribution in [-0.2, 0) is 9.53 Å². The lowest BCUT2D eigenvalue weighted by atomic mass is 9.94. The number of carbonyl (C=O) groups is 1. The second-order valence-corrected chi connectivity index (χ2v) is 3.92. The van der Waals surface area contributed by atoms with E-state index in [-0.39, 0.29) is 5.92 Å².